The van der Waals surface area contributed by atoms with Crippen LogP contribution in [0.15, 0.2) is 23.3 Å². The predicted octanol–water partition coefficient (Wildman–Crippen LogP) is 3.90. The summed E-state index contributed by atoms with van der Waals surface area (Å²) in [5.41, 5.74) is 2.48. The number of hydrogen-bond acceptors (Lipinski definition) is 1. The number of rotatable bonds is 1. The van der Waals surface area contributed by atoms with Crippen molar-refractivity contribution in [2.24, 2.45) is 17.3 Å². The fourth-order valence-electron chi connectivity index (χ4n) is 3.25. The lowest BCUT2D eigenvalue weighted by molar-refractivity contribution is -0.123. The Morgan fingerprint density at radius 1 is 1.44 bits per heavy atom. The van der Waals surface area contributed by atoms with E-state index in [1.807, 2.05) is 6.08 Å². The summed E-state index contributed by atoms with van der Waals surface area (Å²) in [5, 5.41) is 0. The molecule has 0 saturated carbocycles. The third-order valence-corrected chi connectivity index (χ3v) is 4.58. The molecule has 0 amide bonds. The van der Waals surface area contributed by atoms with Gasteiger partial charge in [-0.3, -0.25) is 4.79 Å². The molecule has 0 bridgehead atoms. The van der Waals surface area contributed by atoms with E-state index in [0.29, 0.717) is 17.6 Å². The molecule has 2 atom stereocenters. The van der Waals surface area contributed by atoms with Crippen molar-refractivity contribution in [1.82, 2.24) is 0 Å². The number of hydrogen-bond donors (Lipinski definition) is 0. The monoisotopic (exact) mass is 218 g/mol. The van der Waals surface area contributed by atoms with Crippen LogP contribution in [-0.2, 0) is 4.79 Å². The minimum absolute atomic E-state index is 0.169. The molecule has 2 aliphatic rings. The van der Waals surface area contributed by atoms with Crippen molar-refractivity contribution >= 4 is 5.78 Å². The Bertz CT molecular complexity index is 373. The van der Waals surface area contributed by atoms with Crippen LogP contribution in [0.25, 0.3) is 0 Å². The summed E-state index contributed by atoms with van der Waals surface area (Å²) >= 11 is 0. The molecule has 0 radical (unpaired) electrons. The molecule has 1 spiro atoms. The van der Waals surface area contributed by atoms with Crippen LogP contribution in [0.5, 0.6) is 0 Å². The SMILES string of the molecule is CC1=CCCC(C)C12CC(C(C)C)=CC2=O. The van der Waals surface area contributed by atoms with Crippen LogP contribution in [-0.4, -0.2) is 5.78 Å². The Morgan fingerprint density at radius 2 is 2.12 bits per heavy atom. The minimum Gasteiger partial charge on any atom is -0.294 e. The van der Waals surface area contributed by atoms with E-state index < -0.39 is 0 Å². The van der Waals surface area contributed by atoms with Crippen molar-refractivity contribution in [3.63, 3.8) is 0 Å². The van der Waals surface area contributed by atoms with Crippen LogP contribution in [0.3, 0.4) is 0 Å². The van der Waals surface area contributed by atoms with E-state index in [2.05, 4.69) is 33.8 Å². The van der Waals surface area contributed by atoms with Gasteiger partial charge < -0.3 is 0 Å². The number of carbonyl (C=O) groups excluding carboxylic acids is 1. The topological polar surface area (TPSA) is 17.1 Å². The van der Waals surface area contributed by atoms with Crippen molar-refractivity contribution < 1.29 is 4.79 Å². The smallest absolute Gasteiger partial charge is 0.166 e. The quantitative estimate of drug-likeness (QED) is 0.610. The molecule has 0 aromatic rings. The van der Waals surface area contributed by atoms with E-state index in [9.17, 15) is 4.79 Å². The lowest BCUT2D eigenvalue weighted by atomic mass is 9.63. The van der Waals surface area contributed by atoms with E-state index in [1.54, 1.807) is 0 Å². The van der Waals surface area contributed by atoms with Crippen molar-refractivity contribution in [1.29, 1.82) is 0 Å². The Hall–Kier alpha value is -0.850. The van der Waals surface area contributed by atoms with Crippen LogP contribution in [0, 0.1) is 17.3 Å². The zero-order valence-electron chi connectivity index (χ0n) is 10.8. The standard InChI is InChI=1S/C15H22O/c1-10(2)13-8-14(16)15(9-13)11(3)6-5-7-12(15)4/h6,8,10,12H,5,7,9H2,1-4H3. The molecule has 2 rings (SSSR count). The first-order chi connectivity index (χ1) is 7.48. The average Bonchev–Trinajstić information content (AvgIpc) is 2.55. The maximum absolute atomic E-state index is 12.4. The lowest BCUT2D eigenvalue weighted by Crippen LogP contribution is -2.37. The third kappa shape index (κ3) is 1.49. The summed E-state index contributed by atoms with van der Waals surface area (Å²) in [5.74, 6) is 1.36. The van der Waals surface area contributed by atoms with Gasteiger partial charge in [-0.2, -0.15) is 0 Å². The third-order valence-electron chi connectivity index (χ3n) is 4.58. The maximum Gasteiger partial charge on any atom is 0.166 e. The highest BCUT2D eigenvalue weighted by molar-refractivity contribution is 6.01. The second-order valence-electron chi connectivity index (χ2n) is 5.75. The van der Waals surface area contributed by atoms with Crippen LogP contribution >= 0.6 is 0 Å². The summed E-state index contributed by atoms with van der Waals surface area (Å²) < 4.78 is 0. The molecule has 0 aliphatic heterocycles. The van der Waals surface area contributed by atoms with Gasteiger partial charge in [-0.1, -0.05) is 38.0 Å². The predicted molar refractivity (Wildman–Crippen MR) is 67.1 cm³/mol. The second kappa shape index (κ2) is 3.87. The van der Waals surface area contributed by atoms with Gasteiger partial charge in [-0.15, -0.1) is 0 Å². The molecule has 2 unspecified atom stereocenters. The molecule has 1 nitrogen and oxygen atoms in total. The average molecular weight is 218 g/mol. The summed E-state index contributed by atoms with van der Waals surface area (Å²) in [4.78, 5) is 12.4. The van der Waals surface area contributed by atoms with E-state index >= 15 is 0 Å². The largest absolute Gasteiger partial charge is 0.294 e. The summed E-state index contributed by atoms with van der Waals surface area (Å²) in [6.45, 7) is 8.76. The molecule has 0 saturated heterocycles. The molecule has 0 N–H and O–H groups in total. The minimum atomic E-state index is -0.169. The van der Waals surface area contributed by atoms with Gasteiger partial charge >= 0.3 is 0 Å². The number of allylic oxidation sites excluding steroid dienone is 4. The van der Waals surface area contributed by atoms with Gasteiger partial charge in [0.05, 0.1) is 5.41 Å². The first kappa shape index (κ1) is 11.6. The fraction of sp³-hybridized carbons (Fsp3) is 0.667. The van der Waals surface area contributed by atoms with Gasteiger partial charge in [-0.05, 0) is 44.1 Å². The van der Waals surface area contributed by atoms with Crippen LogP contribution in [0.4, 0.5) is 0 Å². The van der Waals surface area contributed by atoms with E-state index in [1.165, 1.54) is 11.1 Å². The summed E-state index contributed by atoms with van der Waals surface area (Å²) in [6.07, 6.45) is 7.45. The Balaban J connectivity index is 2.38. The zero-order valence-corrected chi connectivity index (χ0v) is 10.8. The van der Waals surface area contributed by atoms with Gasteiger partial charge in [0.15, 0.2) is 5.78 Å². The van der Waals surface area contributed by atoms with Gasteiger partial charge in [-0.25, -0.2) is 0 Å². The Labute approximate surface area is 98.6 Å². The van der Waals surface area contributed by atoms with Crippen LogP contribution in [0.1, 0.15) is 47.0 Å². The number of ketones is 1. The van der Waals surface area contributed by atoms with E-state index in [0.717, 1.165) is 19.3 Å². The first-order valence-electron chi connectivity index (χ1n) is 6.40. The van der Waals surface area contributed by atoms with Crippen LogP contribution in [0.2, 0.25) is 0 Å². The van der Waals surface area contributed by atoms with Crippen LogP contribution < -0.4 is 0 Å². The molecule has 88 valence electrons. The van der Waals surface area contributed by atoms with Gasteiger partial charge in [0.25, 0.3) is 0 Å². The normalized spacial score (nSPS) is 34.6. The highest BCUT2D eigenvalue weighted by atomic mass is 16.1. The Kier molecular flexibility index (Phi) is 2.81. The molecule has 0 aromatic carbocycles. The zero-order chi connectivity index (χ0) is 11.9. The fourth-order valence-corrected chi connectivity index (χ4v) is 3.25. The molecular formula is C15H22O. The molecular weight excluding hydrogens is 196 g/mol. The van der Waals surface area contributed by atoms with E-state index in [-0.39, 0.29) is 5.41 Å². The highest BCUT2D eigenvalue weighted by Crippen LogP contribution is 2.51. The van der Waals surface area contributed by atoms with Crippen molar-refractivity contribution in [2.45, 2.75) is 47.0 Å². The molecule has 0 heterocycles. The Morgan fingerprint density at radius 3 is 2.62 bits per heavy atom. The lowest BCUT2D eigenvalue weighted by Gasteiger charge is -2.39. The maximum atomic E-state index is 12.4. The van der Waals surface area contributed by atoms with Crippen molar-refractivity contribution in [3.05, 3.63) is 23.3 Å². The number of carbonyl (C=O) groups is 1. The highest BCUT2D eigenvalue weighted by Gasteiger charge is 2.48. The molecule has 16 heavy (non-hydrogen) atoms. The first-order valence-corrected chi connectivity index (χ1v) is 6.40. The summed E-state index contributed by atoms with van der Waals surface area (Å²) in [6, 6.07) is 0. The van der Waals surface area contributed by atoms with Crippen molar-refractivity contribution in [3.8, 4) is 0 Å². The molecule has 0 fully saturated rings. The van der Waals surface area contributed by atoms with Gasteiger partial charge in [0.2, 0.25) is 0 Å². The van der Waals surface area contributed by atoms with E-state index in [4.69, 9.17) is 0 Å². The molecule has 1 heteroatoms. The summed E-state index contributed by atoms with van der Waals surface area (Å²) in [7, 11) is 0. The van der Waals surface area contributed by atoms with Gasteiger partial charge in [0, 0.05) is 0 Å². The molecule has 2 aliphatic carbocycles. The second-order valence-corrected chi connectivity index (χ2v) is 5.75. The molecule has 0 aromatic heterocycles. The van der Waals surface area contributed by atoms with Gasteiger partial charge in [0.1, 0.15) is 0 Å². The van der Waals surface area contributed by atoms with Crippen molar-refractivity contribution in [2.75, 3.05) is 0 Å².